The van der Waals surface area contributed by atoms with E-state index in [2.05, 4.69) is 103 Å². The Morgan fingerprint density at radius 3 is 1.61 bits per heavy atom. The van der Waals surface area contributed by atoms with Crippen molar-refractivity contribution in [3.8, 4) is 0 Å². The fourth-order valence-electron chi connectivity index (χ4n) is 3.55. The van der Waals surface area contributed by atoms with Crippen molar-refractivity contribution in [3.63, 3.8) is 0 Å². The second-order valence-corrected chi connectivity index (χ2v) is 7.72. The van der Waals surface area contributed by atoms with Gasteiger partial charge in [0, 0.05) is 24.1 Å². The number of carboxylic acid groups (broad SMARTS) is 2. The van der Waals surface area contributed by atoms with E-state index in [1.165, 1.54) is 16.7 Å². The minimum atomic E-state index is -1.26. The van der Waals surface area contributed by atoms with E-state index in [-0.39, 0.29) is 0 Å². The number of rotatable bonds is 10. The summed E-state index contributed by atoms with van der Waals surface area (Å²) in [5.74, 6) is -2.07. The van der Waals surface area contributed by atoms with Gasteiger partial charge in [0.25, 0.3) is 0 Å². The Hall–Kier alpha value is -3.70. The molecule has 1 unspecified atom stereocenters. The Balaban J connectivity index is 0.000000414. The van der Waals surface area contributed by atoms with E-state index in [1.807, 2.05) is 0 Å². The van der Waals surface area contributed by atoms with Gasteiger partial charge in [-0.2, -0.15) is 0 Å². The molecule has 0 aliphatic heterocycles. The lowest BCUT2D eigenvalue weighted by Gasteiger charge is -2.20. The standard InChI is InChI=1S/C24H27N.C4H4O4/c1-20(19-21-11-5-2-6-12-21)25-18-17-24(22-13-7-3-8-14-22)23-15-9-4-10-16-23;5-3(6)1-2-4(7)8/h2-16,20,24-25H,17-19H2,1H3;1-2H,(H,5,6)(H,7,8). The SMILES string of the molecule is CC(Cc1ccccc1)NCCC(c1ccccc1)c1ccccc1.O=C(O)C=CC(=O)O. The van der Waals surface area contributed by atoms with Crippen molar-refractivity contribution < 1.29 is 19.8 Å². The third-order valence-electron chi connectivity index (χ3n) is 5.08. The molecule has 5 nitrogen and oxygen atoms in total. The lowest BCUT2D eigenvalue weighted by molar-refractivity contribution is -0.134. The number of benzene rings is 3. The van der Waals surface area contributed by atoms with E-state index in [0.29, 0.717) is 24.1 Å². The number of carbonyl (C=O) groups is 2. The summed E-state index contributed by atoms with van der Waals surface area (Å²) in [5.41, 5.74) is 4.18. The van der Waals surface area contributed by atoms with Gasteiger partial charge >= 0.3 is 11.9 Å². The summed E-state index contributed by atoms with van der Waals surface area (Å²) in [7, 11) is 0. The maximum atomic E-state index is 9.55. The Bertz CT molecular complexity index is 933. The first-order valence-electron chi connectivity index (χ1n) is 11.0. The van der Waals surface area contributed by atoms with Crippen LogP contribution in [0.5, 0.6) is 0 Å². The van der Waals surface area contributed by atoms with Crippen molar-refractivity contribution in [1.29, 1.82) is 0 Å². The number of hydrogen-bond acceptors (Lipinski definition) is 3. The first-order chi connectivity index (χ1) is 16.0. The van der Waals surface area contributed by atoms with Crippen molar-refractivity contribution in [3.05, 3.63) is 120 Å². The van der Waals surface area contributed by atoms with Gasteiger partial charge in [-0.15, -0.1) is 0 Å². The molecule has 172 valence electrons. The van der Waals surface area contributed by atoms with Gasteiger partial charge in [0.15, 0.2) is 0 Å². The Kier molecular flexibility index (Phi) is 11.1. The topological polar surface area (TPSA) is 86.6 Å². The zero-order chi connectivity index (χ0) is 23.9. The number of carboxylic acids is 2. The molecular formula is C28H31NO4. The molecule has 3 rings (SSSR count). The normalized spacial score (nSPS) is 11.6. The Labute approximate surface area is 195 Å². The third kappa shape index (κ3) is 10.4. The molecule has 3 aromatic carbocycles. The summed E-state index contributed by atoms with van der Waals surface area (Å²) in [4.78, 5) is 19.1. The van der Waals surface area contributed by atoms with E-state index >= 15 is 0 Å². The Morgan fingerprint density at radius 2 is 1.18 bits per heavy atom. The largest absolute Gasteiger partial charge is 0.478 e. The van der Waals surface area contributed by atoms with E-state index < -0.39 is 11.9 Å². The van der Waals surface area contributed by atoms with Gasteiger partial charge in [-0.3, -0.25) is 0 Å². The van der Waals surface area contributed by atoms with Gasteiger partial charge in [-0.25, -0.2) is 9.59 Å². The third-order valence-corrected chi connectivity index (χ3v) is 5.08. The molecule has 5 heteroatoms. The highest BCUT2D eigenvalue weighted by Crippen LogP contribution is 2.27. The average molecular weight is 446 g/mol. The van der Waals surface area contributed by atoms with Crippen LogP contribution in [0.15, 0.2) is 103 Å². The monoisotopic (exact) mass is 445 g/mol. The van der Waals surface area contributed by atoms with Crippen molar-refractivity contribution in [2.75, 3.05) is 6.54 Å². The lowest BCUT2D eigenvalue weighted by atomic mass is 9.88. The van der Waals surface area contributed by atoms with Crippen LogP contribution in [0.4, 0.5) is 0 Å². The van der Waals surface area contributed by atoms with Crippen LogP contribution in [0.2, 0.25) is 0 Å². The highest BCUT2D eigenvalue weighted by atomic mass is 16.4. The molecule has 0 fully saturated rings. The Morgan fingerprint density at radius 1 is 0.758 bits per heavy atom. The molecule has 33 heavy (non-hydrogen) atoms. The number of hydrogen-bond donors (Lipinski definition) is 3. The first kappa shape index (κ1) is 25.6. The van der Waals surface area contributed by atoms with Gasteiger partial charge in [0.05, 0.1) is 0 Å². The first-order valence-corrected chi connectivity index (χ1v) is 11.0. The molecule has 0 amide bonds. The summed E-state index contributed by atoms with van der Waals surface area (Å²) in [5, 5.41) is 19.3. The van der Waals surface area contributed by atoms with Crippen molar-refractivity contribution in [2.24, 2.45) is 0 Å². The van der Waals surface area contributed by atoms with Crippen molar-refractivity contribution in [1.82, 2.24) is 5.32 Å². The summed E-state index contributed by atoms with van der Waals surface area (Å²) < 4.78 is 0. The molecule has 0 aliphatic carbocycles. The van der Waals surface area contributed by atoms with Crippen LogP contribution in [0.3, 0.4) is 0 Å². The molecule has 0 bridgehead atoms. The van der Waals surface area contributed by atoms with Crippen LogP contribution in [0, 0.1) is 0 Å². The van der Waals surface area contributed by atoms with Crippen LogP contribution in [-0.2, 0) is 16.0 Å². The van der Waals surface area contributed by atoms with E-state index in [4.69, 9.17) is 10.2 Å². The summed E-state index contributed by atoms with van der Waals surface area (Å²) in [6.45, 7) is 3.29. The fourth-order valence-corrected chi connectivity index (χ4v) is 3.55. The van der Waals surface area contributed by atoms with Crippen molar-refractivity contribution in [2.45, 2.75) is 31.7 Å². The molecule has 0 aliphatic rings. The molecule has 3 aromatic rings. The predicted molar refractivity (Wildman–Crippen MR) is 131 cm³/mol. The minimum Gasteiger partial charge on any atom is -0.478 e. The van der Waals surface area contributed by atoms with Gasteiger partial charge in [-0.1, -0.05) is 91.0 Å². The van der Waals surface area contributed by atoms with Crippen LogP contribution < -0.4 is 5.32 Å². The van der Waals surface area contributed by atoms with Gasteiger partial charge in [0.1, 0.15) is 0 Å². The second kappa shape index (κ2) is 14.4. The predicted octanol–water partition coefficient (Wildman–Crippen LogP) is 5.14. The minimum absolute atomic E-state index is 0.443. The number of aliphatic carboxylic acids is 2. The molecule has 0 heterocycles. The van der Waals surface area contributed by atoms with Crippen LogP contribution >= 0.6 is 0 Å². The maximum absolute atomic E-state index is 9.55. The second-order valence-electron chi connectivity index (χ2n) is 7.72. The zero-order valence-corrected chi connectivity index (χ0v) is 18.8. The van der Waals surface area contributed by atoms with Gasteiger partial charge < -0.3 is 15.5 Å². The van der Waals surface area contributed by atoms with Crippen LogP contribution in [0.25, 0.3) is 0 Å². The molecular weight excluding hydrogens is 414 g/mol. The van der Waals surface area contributed by atoms with E-state index in [9.17, 15) is 9.59 Å². The lowest BCUT2D eigenvalue weighted by Crippen LogP contribution is -2.30. The molecule has 1 atom stereocenters. The highest BCUT2D eigenvalue weighted by molar-refractivity contribution is 5.89. The van der Waals surface area contributed by atoms with Gasteiger partial charge in [0.2, 0.25) is 0 Å². The quantitative estimate of drug-likeness (QED) is 0.376. The zero-order valence-electron chi connectivity index (χ0n) is 18.8. The summed E-state index contributed by atoms with van der Waals surface area (Å²) in [6, 6.07) is 32.9. The smallest absolute Gasteiger partial charge is 0.328 e. The molecule has 0 aromatic heterocycles. The summed E-state index contributed by atoms with van der Waals surface area (Å²) in [6.07, 6.45) is 3.29. The molecule has 0 radical (unpaired) electrons. The van der Waals surface area contributed by atoms with E-state index in [0.717, 1.165) is 19.4 Å². The van der Waals surface area contributed by atoms with Gasteiger partial charge in [-0.05, 0) is 43.0 Å². The maximum Gasteiger partial charge on any atom is 0.328 e. The van der Waals surface area contributed by atoms with Crippen molar-refractivity contribution >= 4 is 11.9 Å². The van der Waals surface area contributed by atoms with Crippen LogP contribution in [-0.4, -0.2) is 34.7 Å². The molecule has 3 N–H and O–H groups in total. The van der Waals surface area contributed by atoms with Crippen LogP contribution in [0.1, 0.15) is 36.0 Å². The van der Waals surface area contributed by atoms with E-state index in [1.54, 1.807) is 0 Å². The average Bonchev–Trinajstić information content (AvgIpc) is 2.83. The fraction of sp³-hybridized carbons (Fsp3) is 0.214. The number of nitrogens with one attached hydrogen (secondary N) is 1. The summed E-state index contributed by atoms with van der Waals surface area (Å²) >= 11 is 0. The molecule has 0 spiro atoms. The molecule has 0 saturated carbocycles. The highest BCUT2D eigenvalue weighted by Gasteiger charge is 2.14. The molecule has 0 saturated heterocycles.